The van der Waals surface area contributed by atoms with E-state index in [0.29, 0.717) is 6.54 Å². The van der Waals surface area contributed by atoms with Crippen LogP contribution in [0.4, 0.5) is 0 Å². The standard InChI is InChI=1S/C24H28N2O3S2/c1-17-12-22(13-18(2)24(17)29-3)31(27,28)25-14-23(21-9-11-30-16-21)26-10-8-19-6-4-5-7-20(19)15-26/h4-7,9,11-13,16,23,25H,8,10,14-15H2,1-3H3/t23-/m1/s1. The summed E-state index contributed by atoms with van der Waals surface area (Å²) in [4.78, 5) is 2.65. The highest BCUT2D eigenvalue weighted by Crippen LogP contribution is 2.30. The topological polar surface area (TPSA) is 58.6 Å². The summed E-state index contributed by atoms with van der Waals surface area (Å²) in [6, 6.07) is 13.9. The first-order chi connectivity index (χ1) is 14.9. The van der Waals surface area contributed by atoms with Crippen LogP contribution in [-0.2, 0) is 23.0 Å². The van der Waals surface area contributed by atoms with Crippen molar-refractivity contribution >= 4 is 21.4 Å². The zero-order chi connectivity index (χ0) is 22.0. The first-order valence-electron chi connectivity index (χ1n) is 10.4. The molecule has 7 heteroatoms. The van der Waals surface area contributed by atoms with Crippen LogP contribution in [0.5, 0.6) is 5.75 Å². The molecule has 2 heterocycles. The molecule has 164 valence electrons. The minimum absolute atomic E-state index is 0.0187. The molecule has 1 aliphatic rings. The molecule has 0 saturated heterocycles. The Morgan fingerprint density at radius 1 is 1.13 bits per heavy atom. The van der Waals surface area contributed by atoms with Crippen molar-refractivity contribution in [2.24, 2.45) is 0 Å². The SMILES string of the molecule is COc1c(C)cc(S(=O)(=O)NC[C@H](c2ccsc2)N2CCc3ccccc3C2)cc1C. The number of sulfonamides is 1. The number of thiophene rings is 1. The van der Waals surface area contributed by atoms with Crippen LogP contribution in [0.1, 0.15) is 33.9 Å². The lowest BCUT2D eigenvalue weighted by atomic mass is 9.97. The van der Waals surface area contributed by atoms with Crippen LogP contribution in [-0.4, -0.2) is 33.5 Å². The zero-order valence-corrected chi connectivity index (χ0v) is 19.7. The van der Waals surface area contributed by atoms with Gasteiger partial charge in [-0.15, -0.1) is 0 Å². The Morgan fingerprint density at radius 2 is 1.84 bits per heavy atom. The van der Waals surface area contributed by atoms with E-state index in [9.17, 15) is 8.42 Å². The lowest BCUT2D eigenvalue weighted by Gasteiger charge is -2.35. The van der Waals surface area contributed by atoms with Gasteiger partial charge >= 0.3 is 0 Å². The van der Waals surface area contributed by atoms with Gasteiger partial charge in [-0.25, -0.2) is 13.1 Å². The molecule has 1 N–H and O–H groups in total. The van der Waals surface area contributed by atoms with Crippen LogP contribution < -0.4 is 9.46 Å². The Labute approximate surface area is 188 Å². The molecule has 1 aromatic heterocycles. The number of hydrogen-bond acceptors (Lipinski definition) is 5. The van der Waals surface area contributed by atoms with E-state index in [1.165, 1.54) is 11.1 Å². The maximum Gasteiger partial charge on any atom is 0.240 e. The molecule has 0 saturated carbocycles. The number of ether oxygens (including phenoxy) is 1. The number of aryl methyl sites for hydroxylation is 2. The summed E-state index contributed by atoms with van der Waals surface area (Å²) in [7, 11) is -2.04. The molecular weight excluding hydrogens is 428 g/mol. The molecule has 0 aliphatic carbocycles. The minimum Gasteiger partial charge on any atom is -0.496 e. The molecule has 0 fully saturated rings. The predicted octanol–water partition coefficient (Wildman–Crippen LogP) is 4.45. The molecule has 0 radical (unpaired) electrons. The van der Waals surface area contributed by atoms with E-state index < -0.39 is 10.0 Å². The van der Waals surface area contributed by atoms with Crippen molar-refractivity contribution in [3.05, 3.63) is 81.0 Å². The largest absolute Gasteiger partial charge is 0.496 e. The Balaban J connectivity index is 1.56. The Hall–Kier alpha value is -2.19. The third-order valence-corrected chi connectivity index (χ3v) is 8.05. The summed E-state index contributed by atoms with van der Waals surface area (Å²) in [6.07, 6.45) is 0.973. The van der Waals surface area contributed by atoms with Crippen LogP contribution >= 0.6 is 11.3 Å². The van der Waals surface area contributed by atoms with Crippen molar-refractivity contribution in [2.75, 3.05) is 20.2 Å². The highest BCUT2D eigenvalue weighted by Gasteiger charge is 2.27. The van der Waals surface area contributed by atoms with Crippen LogP contribution in [0.3, 0.4) is 0 Å². The predicted molar refractivity (Wildman–Crippen MR) is 125 cm³/mol. The molecule has 1 aliphatic heterocycles. The van der Waals surface area contributed by atoms with E-state index in [0.717, 1.165) is 42.0 Å². The normalized spacial score (nSPS) is 15.5. The number of nitrogens with one attached hydrogen (secondary N) is 1. The van der Waals surface area contributed by atoms with Crippen LogP contribution in [0.2, 0.25) is 0 Å². The Bertz CT molecular complexity index is 1130. The number of methoxy groups -OCH3 is 1. The Kier molecular flexibility index (Phi) is 6.48. The number of fused-ring (bicyclic) bond motifs is 1. The summed E-state index contributed by atoms with van der Waals surface area (Å²) < 4.78 is 34.5. The highest BCUT2D eigenvalue weighted by atomic mass is 32.2. The van der Waals surface area contributed by atoms with Crippen molar-refractivity contribution < 1.29 is 13.2 Å². The Morgan fingerprint density at radius 3 is 2.48 bits per heavy atom. The van der Waals surface area contributed by atoms with Gasteiger partial charge in [-0.2, -0.15) is 11.3 Å². The van der Waals surface area contributed by atoms with Crippen molar-refractivity contribution in [2.45, 2.75) is 37.8 Å². The summed E-state index contributed by atoms with van der Waals surface area (Å²) in [6.45, 7) is 5.78. The fourth-order valence-corrected chi connectivity index (χ4v) is 6.28. The molecule has 1 atom stereocenters. The van der Waals surface area contributed by atoms with Gasteiger partial charge in [0, 0.05) is 25.7 Å². The van der Waals surface area contributed by atoms with Gasteiger partial charge in [-0.3, -0.25) is 4.90 Å². The number of hydrogen-bond donors (Lipinski definition) is 1. The van der Waals surface area contributed by atoms with Gasteiger partial charge in [0.25, 0.3) is 0 Å². The summed E-state index contributed by atoms with van der Waals surface area (Å²) in [5, 5.41) is 4.16. The second-order valence-corrected chi connectivity index (χ2v) is 10.6. The summed E-state index contributed by atoms with van der Waals surface area (Å²) >= 11 is 1.64. The van der Waals surface area contributed by atoms with Crippen molar-refractivity contribution in [3.63, 3.8) is 0 Å². The molecule has 31 heavy (non-hydrogen) atoms. The molecule has 0 bridgehead atoms. The second-order valence-electron chi connectivity index (χ2n) is 8.00. The second kappa shape index (κ2) is 9.12. The van der Waals surface area contributed by atoms with E-state index >= 15 is 0 Å². The van der Waals surface area contributed by atoms with Crippen LogP contribution in [0, 0.1) is 13.8 Å². The lowest BCUT2D eigenvalue weighted by molar-refractivity contribution is 0.181. The molecule has 0 spiro atoms. The smallest absolute Gasteiger partial charge is 0.240 e. The fourth-order valence-electron chi connectivity index (χ4n) is 4.37. The van der Waals surface area contributed by atoms with Crippen molar-refractivity contribution in [1.82, 2.24) is 9.62 Å². The van der Waals surface area contributed by atoms with Gasteiger partial charge in [-0.05, 0) is 77.0 Å². The van der Waals surface area contributed by atoms with E-state index in [1.54, 1.807) is 30.6 Å². The van der Waals surface area contributed by atoms with E-state index in [4.69, 9.17) is 4.74 Å². The van der Waals surface area contributed by atoms with Crippen LogP contribution in [0.25, 0.3) is 0 Å². The first-order valence-corrected chi connectivity index (χ1v) is 12.8. The van der Waals surface area contributed by atoms with E-state index in [1.807, 2.05) is 19.2 Å². The molecule has 0 unspecified atom stereocenters. The first kappa shape index (κ1) is 22.0. The van der Waals surface area contributed by atoms with Gasteiger partial charge in [0.05, 0.1) is 12.0 Å². The van der Waals surface area contributed by atoms with Gasteiger partial charge < -0.3 is 4.74 Å². The molecule has 0 amide bonds. The maximum atomic E-state index is 13.1. The quantitative estimate of drug-likeness (QED) is 0.571. The van der Waals surface area contributed by atoms with Crippen LogP contribution in [0.15, 0.2) is 58.1 Å². The lowest BCUT2D eigenvalue weighted by Crippen LogP contribution is -2.40. The van der Waals surface area contributed by atoms with Gasteiger partial charge in [0.2, 0.25) is 10.0 Å². The average molecular weight is 457 g/mol. The molecule has 3 aromatic rings. The number of rotatable bonds is 7. The molecule has 4 rings (SSSR count). The zero-order valence-electron chi connectivity index (χ0n) is 18.1. The summed E-state index contributed by atoms with van der Waals surface area (Å²) in [5.74, 6) is 0.724. The maximum absolute atomic E-state index is 13.1. The van der Waals surface area contributed by atoms with E-state index in [-0.39, 0.29) is 10.9 Å². The average Bonchev–Trinajstić information content (AvgIpc) is 3.28. The van der Waals surface area contributed by atoms with Gasteiger partial charge in [0.15, 0.2) is 0 Å². The molecular formula is C24H28N2O3S2. The summed E-state index contributed by atoms with van der Waals surface area (Å²) in [5.41, 5.74) is 5.47. The molecule has 2 aromatic carbocycles. The third kappa shape index (κ3) is 4.70. The minimum atomic E-state index is -3.64. The van der Waals surface area contributed by atoms with Gasteiger partial charge in [0.1, 0.15) is 5.75 Å². The monoisotopic (exact) mass is 456 g/mol. The van der Waals surface area contributed by atoms with E-state index in [2.05, 4.69) is 45.3 Å². The highest BCUT2D eigenvalue weighted by molar-refractivity contribution is 7.89. The third-order valence-electron chi connectivity index (χ3n) is 5.94. The molecule has 5 nitrogen and oxygen atoms in total. The van der Waals surface area contributed by atoms with Crippen molar-refractivity contribution in [1.29, 1.82) is 0 Å². The van der Waals surface area contributed by atoms with Crippen molar-refractivity contribution in [3.8, 4) is 5.75 Å². The number of nitrogens with zero attached hydrogens (tertiary/aromatic N) is 1. The van der Waals surface area contributed by atoms with Gasteiger partial charge in [-0.1, -0.05) is 24.3 Å². The fraction of sp³-hybridized carbons (Fsp3) is 0.333. The number of benzene rings is 2.